The van der Waals surface area contributed by atoms with Gasteiger partial charge in [-0.25, -0.2) is 0 Å². The number of benzene rings is 2. The van der Waals surface area contributed by atoms with Crippen molar-refractivity contribution in [1.29, 1.82) is 5.26 Å². The van der Waals surface area contributed by atoms with Gasteiger partial charge in [0.05, 0.1) is 11.6 Å². The van der Waals surface area contributed by atoms with Crippen LogP contribution in [0.4, 0.5) is 0 Å². The molecule has 3 nitrogen and oxygen atoms in total. The first-order chi connectivity index (χ1) is 12.3. The maximum Gasteiger partial charge on any atom is 0.0991 e. The van der Waals surface area contributed by atoms with Gasteiger partial charge in [0, 0.05) is 38.8 Å². The summed E-state index contributed by atoms with van der Waals surface area (Å²) in [6.45, 7) is 5.56. The van der Waals surface area contributed by atoms with Crippen LogP contribution in [0.15, 0.2) is 54.6 Å². The van der Waals surface area contributed by atoms with Gasteiger partial charge in [-0.3, -0.25) is 9.80 Å². The van der Waals surface area contributed by atoms with Crippen molar-refractivity contribution >= 4 is 0 Å². The van der Waals surface area contributed by atoms with E-state index in [9.17, 15) is 0 Å². The van der Waals surface area contributed by atoms with Crippen molar-refractivity contribution < 1.29 is 0 Å². The lowest BCUT2D eigenvalue weighted by Crippen LogP contribution is -2.43. The molecule has 2 aromatic rings. The second-order valence-corrected chi connectivity index (χ2v) is 7.52. The fraction of sp³-hybridized carbons (Fsp3) is 0.409. The molecule has 0 aliphatic carbocycles. The molecular weight excluding hydrogens is 306 g/mol. The van der Waals surface area contributed by atoms with Gasteiger partial charge in [-0.1, -0.05) is 42.5 Å². The third kappa shape index (κ3) is 3.92. The molecule has 2 aromatic carbocycles. The molecule has 0 aromatic heterocycles. The Bertz CT molecular complexity index is 749. The molecular formula is C22H25N3. The van der Waals surface area contributed by atoms with Gasteiger partial charge in [-0.15, -0.1) is 0 Å². The third-order valence-electron chi connectivity index (χ3n) is 5.59. The Morgan fingerprint density at radius 2 is 1.72 bits per heavy atom. The van der Waals surface area contributed by atoms with E-state index in [-0.39, 0.29) is 0 Å². The molecule has 0 amide bonds. The van der Waals surface area contributed by atoms with Crippen LogP contribution in [0.3, 0.4) is 0 Å². The van der Waals surface area contributed by atoms with Crippen molar-refractivity contribution in [3.63, 3.8) is 0 Å². The van der Waals surface area contributed by atoms with E-state index in [2.05, 4.69) is 52.3 Å². The zero-order chi connectivity index (χ0) is 17.1. The minimum Gasteiger partial charge on any atom is -0.297 e. The van der Waals surface area contributed by atoms with Crippen LogP contribution < -0.4 is 0 Å². The van der Waals surface area contributed by atoms with E-state index in [1.54, 1.807) is 0 Å². The SMILES string of the molecule is N#Cc1cccc(CN2C[C@H]3CC[C@@H](C2)N(Cc2ccccc2)C3)c1. The molecule has 128 valence electrons. The van der Waals surface area contributed by atoms with Crippen LogP contribution in [0.25, 0.3) is 0 Å². The molecule has 0 saturated carbocycles. The summed E-state index contributed by atoms with van der Waals surface area (Å²) < 4.78 is 0. The monoisotopic (exact) mass is 331 g/mol. The first-order valence-corrected chi connectivity index (χ1v) is 9.29. The van der Waals surface area contributed by atoms with Crippen molar-refractivity contribution in [1.82, 2.24) is 9.80 Å². The average Bonchev–Trinajstić information content (AvgIpc) is 2.93. The summed E-state index contributed by atoms with van der Waals surface area (Å²) in [5.74, 6) is 0.765. The first kappa shape index (κ1) is 16.3. The van der Waals surface area contributed by atoms with Gasteiger partial charge in [0.25, 0.3) is 0 Å². The summed E-state index contributed by atoms with van der Waals surface area (Å²) in [7, 11) is 0. The molecule has 3 heterocycles. The lowest BCUT2D eigenvalue weighted by atomic mass is 9.94. The molecule has 0 spiro atoms. The van der Waals surface area contributed by atoms with E-state index in [1.165, 1.54) is 37.1 Å². The molecule has 5 rings (SSSR count). The van der Waals surface area contributed by atoms with Crippen molar-refractivity contribution in [2.75, 3.05) is 19.6 Å². The molecule has 0 radical (unpaired) electrons. The summed E-state index contributed by atoms with van der Waals surface area (Å²) in [4.78, 5) is 5.29. The highest BCUT2D eigenvalue weighted by Crippen LogP contribution is 2.30. The molecule has 3 aliphatic rings. The van der Waals surface area contributed by atoms with E-state index >= 15 is 0 Å². The summed E-state index contributed by atoms with van der Waals surface area (Å²) >= 11 is 0. The van der Waals surface area contributed by atoms with E-state index in [4.69, 9.17) is 5.26 Å². The third-order valence-corrected chi connectivity index (χ3v) is 5.59. The van der Waals surface area contributed by atoms with E-state index < -0.39 is 0 Å². The van der Waals surface area contributed by atoms with E-state index in [0.29, 0.717) is 6.04 Å². The van der Waals surface area contributed by atoms with Gasteiger partial charge in [0.15, 0.2) is 0 Å². The molecule has 0 N–H and O–H groups in total. The molecule has 3 aliphatic heterocycles. The normalized spacial score (nSPS) is 24.0. The maximum atomic E-state index is 9.11. The van der Waals surface area contributed by atoms with Crippen LogP contribution in [0.2, 0.25) is 0 Å². The molecule has 3 heteroatoms. The Labute approximate surface area is 150 Å². The molecule has 2 bridgehead atoms. The second kappa shape index (κ2) is 7.39. The molecule has 2 atom stereocenters. The number of fused-ring (bicyclic) bond motifs is 4. The number of piperidine rings is 1. The number of hydrogen-bond donors (Lipinski definition) is 0. The number of rotatable bonds is 4. The molecule has 25 heavy (non-hydrogen) atoms. The van der Waals surface area contributed by atoms with Gasteiger partial charge in [-0.2, -0.15) is 5.26 Å². The average molecular weight is 331 g/mol. The predicted octanol–water partition coefficient (Wildman–Crippen LogP) is 3.65. The second-order valence-electron chi connectivity index (χ2n) is 7.52. The van der Waals surface area contributed by atoms with Crippen molar-refractivity contribution in [2.24, 2.45) is 5.92 Å². The Balaban J connectivity index is 1.45. The lowest BCUT2D eigenvalue weighted by molar-refractivity contribution is 0.123. The summed E-state index contributed by atoms with van der Waals surface area (Å²) in [5, 5.41) is 9.11. The Hall–Kier alpha value is -2.15. The molecule has 3 saturated heterocycles. The topological polar surface area (TPSA) is 30.3 Å². The first-order valence-electron chi connectivity index (χ1n) is 9.29. The van der Waals surface area contributed by atoms with Crippen LogP contribution >= 0.6 is 0 Å². The predicted molar refractivity (Wildman–Crippen MR) is 99.8 cm³/mol. The van der Waals surface area contributed by atoms with Gasteiger partial charge in [0.1, 0.15) is 0 Å². The molecule has 3 fully saturated rings. The maximum absolute atomic E-state index is 9.11. The summed E-state index contributed by atoms with van der Waals surface area (Å²) in [6.07, 6.45) is 2.66. The van der Waals surface area contributed by atoms with Crippen LogP contribution in [0.5, 0.6) is 0 Å². The van der Waals surface area contributed by atoms with Gasteiger partial charge < -0.3 is 0 Å². The van der Waals surface area contributed by atoms with Crippen LogP contribution in [-0.2, 0) is 13.1 Å². The van der Waals surface area contributed by atoms with Crippen LogP contribution in [-0.4, -0.2) is 35.5 Å². The fourth-order valence-electron chi connectivity index (χ4n) is 4.41. The zero-order valence-electron chi connectivity index (χ0n) is 14.6. The van der Waals surface area contributed by atoms with Crippen LogP contribution in [0.1, 0.15) is 29.5 Å². The number of nitrogens with zero attached hydrogens (tertiary/aromatic N) is 3. The zero-order valence-corrected chi connectivity index (χ0v) is 14.6. The Kier molecular flexibility index (Phi) is 4.83. The van der Waals surface area contributed by atoms with Gasteiger partial charge in [-0.05, 0) is 42.0 Å². The molecule has 0 unspecified atom stereocenters. The minimum atomic E-state index is 0.651. The smallest absolute Gasteiger partial charge is 0.0991 e. The largest absolute Gasteiger partial charge is 0.297 e. The quantitative estimate of drug-likeness (QED) is 0.856. The highest BCUT2D eigenvalue weighted by molar-refractivity contribution is 5.32. The summed E-state index contributed by atoms with van der Waals surface area (Å²) in [5.41, 5.74) is 3.44. The van der Waals surface area contributed by atoms with E-state index in [0.717, 1.165) is 31.1 Å². The van der Waals surface area contributed by atoms with Crippen molar-refractivity contribution in [3.05, 3.63) is 71.3 Å². The standard InChI is InChI=1S/C22H25N3/c23-12-19-7-4-8-20(11-19)13-24-14-21-9-10-22(17-24)25(16-21)15-18-5-2-1-3-6-18/h1-8,11,21-22H,9-10,13-17H2/t21-,22+/m1/s1. The Morgan fingerprint density at radius 1 is 0.880 bits per heavy atom. The highest BCUT2D eigenvalue weighted by atomic mass is 15.3. The van der Waals surface area contributed by atoms with Gasteiger partial charge >= 0.3 is 0 Å². The number of nitriles is 1. The van der Waals surface area contributed by atoms with Gasteiger partial charge in [0.2, 0.25) is 0 Å². The fourth-order valence-corrected chi connectivity index (χ4v) is 4.41. The van der Waals surface area contributed by atoms with E-state index in [1.807, 2.05) is 18.2 Å². The Morgan fingerprint density at radius 3 is 2.56 bits per heavy atom. The van der Waals surface area contributed by atoms with Crippen molar-refractivity contribution in [2.45, 2.75) is 32.0 Å². The van der Waals surface area contributed by atoms with Crippen molar-refractivity contribution in [3.8, 4) is 6.07 Å². The lowest BCUT2D eigenvalue weighted by Gasteiger charge is -2.36. The minimum absolute atomic E-state index is 0.651. The van der Waals surface area contributed by atoms with Crippen LogP contribution in [0, 0.1) is 17.2 Å². The highest BCUT2D eigenvalue weighted by Gasteiger charge is 2.34. The summed E-state index contributed by atoms with van der Waals surface area (Å²) in [6, 6.07) is 21.8. The number of hydrogen-bond acceptors (Lipinski definition) is 3.